The van der Waals surface area contributed by atoms with Crippen molar-refractivity contribution in [2.24, 2.45) is 0 Å². The van der Waals surface area contributed by atoms with Gasteiger partial charge in [-0.2, -0.15) is 0 Å². The summed E-state index contributed by atoms with van der Waals surface area (Å²) in [7, 11) is 0. The molecule has 12 bridgehead atoms. The molecule has 0 spiro atoms. The molecule has 72 heavy (non-hydrogen) atoms. The standard InChI is InChI=1S/C66H84O6/c1-61(2,3)49-25-37-19-39-27-50(62(4,5)6)29-41(56(39)68)21-43-31-52(64(10,11)12)33-45(58(43)70)23-47-35-54(66(16,17)18)36-48(60(47)72)24-46-34-53(65(13,14)15)32-44(59(46)71)22-42-30-51(63(7,8)9)28-40(57(42)69)20-38(26-49)55(37)67/h25-36,67-72H,19-24H2,1-18H3. The summed E-state index contributed by atoms with van der Waals surface area (Å²) in [6, 6.07) is 24.6. The monoisotopic (exact) mass is 973 g/mol. The molecule has 6 nitrogen and oxygen atoms in total. The summed E-state index contributed by atoms with van der Waals surface area (Å²) in [6.07, 6.45) is 1.43. The molecule has 0 radical (unpaired) electrons. The molecule has 6 N–H and O–H groups in total. The van der Waals surface area contributed by atoms with Crippen molar-refractivity contribution in [3.8, 4) is 34.5 Å². The Bertz CT molecular complexity index is 2390. The first-order chi connectivity index (χ1) is 32.9. The minimum absolute atomic E-state index is 0.114. The van der Waals surface area contributed by atoms with Crippen LogP contribution in [0.2, 0.25) is 0 Å². The summed E-state index contributed by atoms with van der Waals surface area (Å²) in [5, 5.41) is 74.8. The summed E-state index contributed by atoms with van der Waals surface area (Å²) in [5.41, 5.74) is 12.3. The Hall–Kier alpha value is -5.88. The maximum absolute atomic E-state index is 12.5. The highest BCUT2D eigenvalue weighted by Crippen LogP contribution is 2.45. The van der Waals surface area contributed by atoms with E-state index in [1.165, 1.54) is 0 Å². The lowest BCUT2D eigenvalue weighted by atomic mass is 9.79. The van der Waals surface area contributed by atoms with Crippen LogP contribution in [0.5, 0.6) is 34.5 Å². The average molecular weight is 973 g/mol. The van der Waals surface area contributed by atoms with Crippen LogP contribution < -0.4 is 0 Å². The SMILES string of the molecule is CC(C)(C)c1cc2c(O)c(c1)Cc1cc(C(C)(C)C)cc(c1O)Cc1cc(C(C)(C)C)cc(c1O)Cc1cc(C(C)(C)C)cc(c1O)Cc1cc(C(C)(C)C)cc(c1O)Cc1cc(C(C)(C)C)cc(c1O)C2. The number of phenols is 6. The Morgan fingerprint density at radius 2 is 0.278 bits per heavy atom. The summed E-state index contributed by atoms with van der Waals surface area (Å²) in [4.78, 5) is 0. The van der Waals surface area contributed by atoms with Gasteiger partial charge in [0.2, 0.25) is 0 Å². The van der Waals surface area contributed by atoms with Gasteiger partial charge in [-0.05, 0) is 133 Å². The van der Waals surface area contributed by atoms with E-state index in [4.69, 9.17) is 0 Å². The Kier molecular flexibility index (Phi) is 13.9. The first-order valence-electron chi connectivity index (χ1n) is 26.0. The highest BCUT2D eigenvalue weighted by atomic mass is 16.3. The van der Waals surface area contributed by atoms with Crippen molar-refractivity contribution in [2.75, 3.05) is 0 Å². The zero-order chi connectivity index (χ0) is 53.6. The van der Waals surface area contributed by atoms with Crippen molar-refractivity contribution < 1.29 is 30.6 Å². The van der Waals surface area contributed by atoms with Gasteiger partial charge in [0.05, 0.1) is 0 Å². The molecular formula is C66H84O6. The first-order valence-corrected chi connectivity index (χ1v) is 26.0. The minimum atomic E-state index is -0.299. The predicted octanol–water partition coefficient (Wildman–Crippen LogP) is 15.6. The highest BCUT2D eigenvalue weighted by molar-refractivity contribution is 5.60. The van der Waals surface area contributed by atoms with Gasteiger partial charge >= 0.3 is 0 Å². The zero-order valence-corrected chi connectivity index (χ0v) is 46.9. The van der Waals surface area contributed by atoms with Gasteiger partial charge in [-0.1, -0.05) is 197 Å². The highest BCUT2D eigenvalue weighted by Gasteiger charge is 2.29. The minimum Gasteiger partial charge on any atom is -0.507 e. The molecule has 1 aliphatic carbocycles. The lowest BCUT2D eigenvalue weighted by Gasteiger charge is -2.27. The molecule has 6 heteroatoms. The predicted molar refractivity (Wildman–Crippen MR) is 298 cm³/mol. The van der Waals surface area contributed by atoms with Crippen molar-refractivity contribution in [2.45, 2.75) is 196 Å². The number of hydrogen-bond acceptors (Lipinski definition) is 6. The van der Waals surface area contributed by atoms with Gasteiger partial charge < -0.3 is 30.6 Å². The maximum atomic E-state index is 12.5. The second-order valence-electron chi connectivity index (χ2n) is 27.4. The quantitative estimate of drug-likeness (QED) is 0.0900. The van der Waals surface area contributed by atoms with E-state index in [1.807, 2.05) is 72.8 Å². The van der Waals surface area contributed by atoms with Crippen LogP contribution in [0, 0.1) is 0 Å². The Labute approximate surface area is 431 Å². The van der Waals surface area contributed by atoms with E-state index in [0.29, 0.717) is 66.8 Å². The van der Waals surface area contributed by atoms with Gasteiger partial charge in [0, 0.05) is 38.5 Å². The topological polar surface area (TPSA) is 121 Å². The summed E-state index contributed by atoms with van der Waals surface area (Å²) in [6.45, 7) is 38.7. The third-order valence-electron chi connectivity index (χ3n) is 15.1. The molecule has 7 rings (SSSR count). The van der Waals surface area contributed by atoms with Crippen molar-refractivity contribution in [3.05, 3.63) is 173 Å². The third-order valence-corrected chi connectivity index (χ3v) is 15.1. The average Bonchev–Trinajstić information content (AvgIpc) is 3.23. The molecule has 6 aromatic carbocycles. The van der Waals surface area contributed by atoms with Crippen molar-refractivity contribution in [1.29, 1.82) is 0 Å². The lowest BCUT2D eigenvalue weighted by molar-refractivity contribution is 0.449. The molecule has 0 fully saturated rings. The molecule has 0 saturated carbocycles. The van der Waals surface area contributed by atoms with Crippen molar-refractivity contribution in [1.82, 2.24) is 0 Å². The lowest BCUT2D eigenvalue weighted by Crippen LogP contribution is -2.15. The molecule has 384 valence electrons. The van der Waals surface area contributed by atoms with Gasteiger partial charge in [0.25, 0.3) is 0 Å². The number of hydrogen-bond donors (Lipinski definition) is 6. The van der Waals surface area contributed by atoms with E-state index in [1.54, 1.807) is 0 Å². The summed E-state index contributed by atoms with van der Waals surface area (Å²) < 4.78 is 0. The Morgan fingerprint density at radius 1 is 0.194 bits per heavy atom. The summed E-state index contributed by atoms with van der Waals surface area (Å²) in [5.74, 6) is 0.684. The molecule has 0 saturated heterocycles. The number of benzene rings is 6. The van der Waals surface area contributed by atoms with Gasteiger partial charge in [-0.25, -0.2) is 0 Å². The number of fused-ring (bicyclic) bond motifs is 12. The van der Waals surface area contributed by atoms with Crippen LogP contribution in [0.1, 0.15) is 225 Å². The van der Waals surface area contributed by atoms with Crippen LogP contribution in [0.25, 0.3) is 0 Å². The van der Waals surface area contributed by atoms with Gasteiger partial charge in [-0.15, -0.1) is 0 Å². The fourth-order valence-electron chi connectivity index (χ4n) is 10.0. The first kappa shape index (κ1) is 53.9. The van der Waals surface area contributed by atoms with E-state index < -0.39 is 0 Å². The zero-order valence-electron chi connectivity index (χ0n) is 46.9. The third kappa shape index (κ3) is 11.3. The van der Waals surface area contributed by atoms with Crippen molar-refractivity contribution in [3.63, 3.8) is 0 Å². The molecule has 0 unspecified atom stereocenters. The molecule has 1 aliphatic rings. The van der Waals surface area contributed by atoms with E-state index in [2.05, 4.69) is 125 Å². The normalized spacial score (nSPS) is 14.2. The molecular weight excluding hydrogens is 889 g/mol. The van der Waals surface area contributed by atoms with Crippen LogP contribution in [-0.4, -0.2) is 30.6 Å². The second kappa shape index (κ2) is 18.6. The summed E-state index contributed by atoms with van der Waals surface area (Å²) >= 11 is 0. The number of phenolic OH excluding ortho intramolecular Hbond substituents is 6. The van der Waals surface area contributed by atoms with E-state index in [0.717, 1.165) is 33.4 Å². The van der Waals surface area contributed by atoms with Gasteiger partial charge in [-0.3, -0.25) is 0 Å². The second-order valence-corrected chi connectivity index (χ2v) is 27.4. The molecule has 0 amide bonds. The van der Waals surface area contributed by atoms with E-state index >= 15 is 0 Å². The Morgan fingerprint density at radius 3 is 0.347 bits per heavy atom. The smallest absolute Gasteiger partial charge is 0.122 e. The molecule has 0 aromatic heterocycles. The van der Waals surface area contributed by atoms with Crippen LogP contribution in [0.3, 0.4) is 0 Å². The van der Waals surface area contributed by atoms with Gasteiger partial charge in [0.1, 0.15) is 34.5 Å². The Balaban J connectivity index is 1.58. The van der Waals surface area contributed by atoms with Gasteiger partial charge in [0.15, 0.2) is 0 Å². The van der Waals surface area contributed by atoms with Crippen LogP contribution in [0.4, 0.5) is 0 Å². The maximum Gasteiger partial charge on any atom is 0.122 e. The molecule has 0 heterocycles. The van der Waals surface area contributed by atoms with Crippen LogP contribution in [-0.2, 0) is 71.0 Å². The molecule has 6 aromatic rings. The van der Waals surface area contributed by atoms with E-state index in [-0.39, 0.29) is 106 Å². The van der Waals surface area contributed by atoms with Crippen molar-refractivity contribution >= 4 is 0 Å². The fraction of sp³-hybridized carbons (Fsp3) is 0.455. The number of aromatic hydroxyl groups is 6. The van der Waals surface area contributed by atoms with Crippen LogP contribution >= 0.6 is 0 Å². The fourth-order valence-corrected chi connectivity index (χ4v) is 10.0. The number of rotatable bonds is 0. The molecule has 0 atom stereocenters. The van der Waals surface area contributed by atoms with Crippen LogP contribution in [0.15, 0.2) is 72.8 Å². The molecule has 0 aliphatic heterocycles. The van der Waals surface area contributed by atoms with E-state index in [9.17, 15) is 30.6 Å². The largest absolute Gasteiger partial charge is 0.507 e.